The van der Waals surface area contributed by atoms with E-state index in [9.17, 15) is 22.4 Å². The van der Waals surface area contributed by atoms with E-state index in [1.807, 2.05) is 0 Å². The van der Waals surface area contributed by atoms with Crippen molar-refractivity contribution in [2.75, 3.05) is 13.1 Å². The molecule has 0 saturated carbocycles. The number of amides is 1. The van der Waals surface area contributed by atoms with Gasteiger partial charge in [0.2, 0.25) is 0 Å². The van der Waals surface area contributed by atoms with E-state index in [1.165, 1.54) is 17.0 Å². The van der Waals surface area contributed by atoms with Gasteiger partial charge in [-0.05, 0) is 31.0 Å². The van der Waals surface area contributed by atoms with Crippen LogP contribution in [0.2, 0.25) is 0 Å². The molecule has 1 fully saturated rings. The molecule has 0 bridgehead atoms. The van der Waals surface area contributed by atoms with Crippen LogP contribution < -0.4 is 5.73 Å². The second-order valence-electron chi connectivity index (χ2n) is 5.81. The first kappa shape index (κ1) is 17.3. The third-order valence-corrected chi connectivity index (χ3v) is 4.02. The zero-order valence-electron chi connectivity index (χ0n) is 13.0. The van der Waals surface area contributed by atoms with Gasteiger partial charge in [0, 0.05) is 19.1 Å². The molecule has 0 spiro atoms. The molecule has 1 aromatic heterocycles. The summed E-state index contributed by atoms with van der Waals surface area (Å²) in [5.74, 6) is -1.58. The Kier molecular flexibility index (Phi) is 4.46. The maximum absolute atomic E-state index is 13.5. The van der Waals surface area contributed by atoms with Crippen LogP contribution in [0.1, 0.15) is 29.0 Å². The number of carbonyl (C=O) groups excluding carboxylic acids is 1. The Labute approximate surface area is 140 Å². The molecular weight excluding hydrogens is 342 g/mol. The fraction of sp³-hybridized carbons (Fsp3) is 0.400. The third kappa shape index (κ3) is 3.48. The number of carbonyl (C=O) groups is 1. The standard InChI is InChI=1S/C15H15F4N5O/c16-9-2-1-3-11(8-9)24-13(15(17,18)19)12(21-22-24)14(25)23-6-4-10(20)5-7-23/h1-3,8,10H,4-7,20H2. The van der Waals surface area contributed by atoms with Crippen molar-refractivity contribution in [1.29, 1.82) is 0 Å². The molecular formula is C15H15F4N5O. The summed E-state index contributed by atoms with van der Waals surface area (Å²) in [6.07, 6.45) is -3.87. The van der Waals surface area contributed by atoms with E-state index in [2.05, 4.69) is 10.3 Å². The van der Waals surface area contributed by atoms with Crippen LogP contribution in [0.5, 0.6) is 0 Å². The van der Waals surface area contributed by atoms with Crippen LogP contribution in [0.25, 0.3) is 5.69 Å². The van der Waals surface area contributed by atoms with Gasteiger partial charge >= 0.3 is 6.18 Å². The number of likely N-dealkylation sites (tertiary alicyclic amines) is 1. The number of piperidine rings is 1. The van der Waals surface area contributed by atoms with Gasteiger partial charge in [-0.2, -0.15) is 13.2 Å². The van der Waals surface area contributed by atoms with Gasteiger partial charge in [0.05, 0.1) is 5.69 Å². The van der Waals surface area contributed by atoms with E-state index in [-0.39, 0.29) is 24.8 Å². The molecule has 3 rings (SSSR count). The van der Waals surface area contributed by atoms with Crippen molar-refractivity contribution in [3.05, 3.63) is 41.5 Å². The van der Waals surface area contributed by atoms with Crippen LogP contribution in [-0.4, -0.2) is 44.9 Å². The van der Waals surface area contributed by atoms with E-state index in [0.717, 1.165) is 12.1 Å². The van der Waals surface area contributed by atoms with Crippen LogP contribution in [0.15, 0.2) is 24.3 Å². The zero-order valence-corrected chi connectivity index (χ0v) is 13.0. The minimum absolute atomic E-state index is 0.0749. The number of benzene rings is 1. The van der Waals surface area contributed by atoms with Gasteiger partial charge in [-0.15, -0.1) is 5.10 Å². The Balaban J connectivity index is 2.02. The largest absolute Gasteiger partial charge is 0.435 e. The third-order valence-electron chi connectivity index (χ3n) is 4.02. The van der Waals surface area contributed by atoms with E-state index >= 15 is 0 Å². The maximum atomic E-state index is 13.5. The lowest BCUT2D eigenvalue weighted by Gasteiger charge is -2.29. The number of aromatic nitrogens is 3. The zero-order chi connectivity index (χ0) is 18.2. The molecule has 1 aliphatic rings. The fourth-order valence-electron chi connectivity index (χ4n) is 2.72. The number of halogens is 4. The molecule has 1 aliphatic heterocycles. The SMILES string of the molecule is NC1CCN(C(=O)c2nnn(-c3cccc(F)c3)c2C(F)(F)F)CC1. The number of nitrogens with zero attached hydrogens (tertiary/aromatic N) is 4. The summed E-state index contributed by atoms with van der Waals surface area (Å²) in [6, 6.07) is 4.41. The first-order valence-electron chi connectivity index (χ1n) is 7.61. The highest BCUT2D eigenvalue weighted by Crippen LogP contribution is 2.33. The second kappa shape index (κ2) is 6.43. The summed E-state index contributed by atoms with van der Waals surface area (Å²) in [7, 11) is 0. The molecule has 2 N–H and O–H groups in total. The summed E-state index contributed by atoms with van der Waals surface area (Å²) < 4.78 is 54.4. The summed E-state index contributed by atoms with van der Waals surface area (Å²) in [6.45, 7) is 0.508. The summed E-state index contributed by atoms with van der Waals surface area (Å²) in [4.78, 5) is 13.8. The number of nitrogens with two attached hydrogens (primary N) is 1. The van der Waals surface area contributed by atoms with Crippen LogP contribution in [0, 0.1) is 5.82 Å². The molecule has 1 amide bonds. The topological polar surface area (TPSA) is 77.0 Å². The molecule has 2 heterocycles. The van der Waals surface area contributed by atoms with E-state index in [4.69, 9.17) is 5.73 Å². The molecule has 6 nitrogen and oxygen atoms in total. The molecule has 25 heavy (non-hydrogen) atoms. The highest BCUT2D eigenvalue weighted by Gasteiger charge is 2.43. The number of alkyl halides is 3. The average molecular weight is 357 g/mol. The minimum atomic E-state index is -4.88. The Morgan fingerprint density at radius 2 is 1.92 bits per heavy atom. The fourth-order valence-corrected chi connectivity index (χ4v) is 2.72. The molecule has 2 aromatic rings. The van der Waals surface area contributed by atoms with Gasteiger partial charge < -0.3 is 10.6 Å². The van der Waals surface area contributed by atoms with Crippen molar-refractivity contribution in [1.82, 2.24) is 19.9 Å². The van der Waals surface area contributed by atoms with E-state index in [1.54, 1.807) is 0 Å². The Morgan fingerprint density at radius 1 is 1.24 bits per heavy atom. The monoisotopic (exact) mass is 357 g/mol. The second-order valence-corrected chi connectivity index (χ2v) is 5.81. The molecule has 10 heteroatoms. The Hall–Kier alpha value is -2.49. The highest BCUT2D eigenvalue weighted by molar-refractivity contribution is 5.93. The minimum Gasteiger partial charge on any atom is -0.337 e. The van der Waals surface area contributed by atoms with Gasteiger partial charge in [-0.25, -0.2) is 9.07 Å². The molecule has 0 aliphatic carbocycles. The lowest BCUT2D eigenvalue weighted by atomic mass is 10.1. The first-order valence-corrected chi connectivity index (χ1v) is 7.61. The van der Waals surface area contributed by atoms with Crippen molar-refractivity contribution in [3.63, 3.8) is 0 Å². The molecule has 134 valence electrons. The number of hydrogen-bond acceptors (Lipinski definition) is 4. The van der Waals surface area contributed by atoms with Crippen molar-refractivity contribution < 1.29 is 22.4 Å². The maximum Gasteiger partial charge on any atom is 0.435 e. The van der Waals surface area contributed by atoms with Crippen LogP contribution >= 0.6 is 0 Å². The molecule has 0 radical (unpaired) electrons. The van der Waals surface area contributed by atoms with Gasteiger partial charge in [-0.3, -0.25) is 4.79 Å². The lowest BCUT2D eigenvalue weighted by Crippen LogP contribution is -2.43. The Morgan fingerprint density at radius 3 is 2.52 bits per heavy atom. The lowest BCUT2D eigenvalue weighted by molar-refractivity contribution is -0.143. The van der Waals surface area contributed by atoms with Crippen LogP contribution in [-0.2, 0) is 6.18 Å². The van der Waals surface area contributed by atoms with Gasteiger partial charge in [0.25, 0.3) is 5.91 Å². The van der Waals surface area contributed by atoms with Gasteiger partial charge in [0.1, 0.15) is 5.82 Å². The average Bonchev–Trinajstić information content (AvgIpc) is 3.00. The van der Waals surface area contributed by atoms with Gasteiger partial charge in [0.15, 0.2) is 11.4 Å². The van der Waals surface area contributed by atoms with E-state index in [0.29, 0.717) is 17.5 Å². The van der Waals surface area contributed by atoms with Gasteiger partial charge in [-0.1, -0.05) is 11.3 Å². The normalized spacial score (nSPS) is 16.3. The summed E-state index contributed by atoms with van der Waals surface area (Å²) in [5, 5.41) is 6.86. The smallest absolute Gasteiger partial charge is 0.337 e. The molecule has 0 atom stereocenters. The van der Waals surface area contributed by atoms with Crippen molar-refractivity contribution in [2.45, 2.75) is 25.1 Å². The quantitative estimate of drug-likeness (QED) is 0.834. The van der Waals surface area contributed by atoms with Crippen LogP contribution in [0.3, 0.4) is 0 Å². The predicted octanol–water partition coefficient (Wildman–Crippen LogP) is 1.99. The summed E-state index contributed by atoms with van der Waals surface area (Å²) in [5.41, 5.74) is 3.46. The summed E-state index contributed by atoms with van der Waals surface area (Å²) >= 11 is 0. The highest BCUT2D eigenvalue weighted by atomic mass is 19.4. The number of rotatable bonds is 2. The molecule has 1 saturated heterocycles. The first-order chi connectivity index (χ1) is 11.8. The van der Waals surface area contributed by atoms with Crippen molar-refractivity contribution >= 4 is 5.91 Å². The predicted molar refractivity (Wildman–Crippen MR) is 79.4 cm³/mol. The molecule has 0 unspecified atom stereocenters. The van der Waals surface area contributed by atoms with Crippen molar-refractivity contribution in [2.24, 2.45) is 5.73 Å². The van der Waals surface area contributed by atoms with Crippen LogP contribution in [0.4, 0.5) is 17.6 Å². The van der Waals surface area contributed by atoms with Crippen molar-refractivity contribution in [3.8, 4) is 5.69 Å². The Bertz CT molecular complexity index is 780. The van der Waals surface area contributed by atoms with E-state index < -0.39 is 29.3 Å². The molecule has 1 aromatic carbocycles. The number of hydrogen-bond donors (Lipinski definition) is 1.